The van der Waals surface area contributed by atoms with Gasteiger partial charge in [0, 0.05) is 10.5 Å². The van der Waals surface area contributed by atoms with Crippen LogP contribution in [0.25, 0.3) is 0 Å². The van der Waals surface area contributed by atoms with Gasteiger partial charge in [-0.15, -0.1) is 0 Å². The zero-order valence-electron chi connectivity index (χ0n) is 11.9. The summed E-state index contributed by atoms with van der Waals surface area (Å²) in [6.45, 7) is 8.08. The summed E-state index contributed by atoms with van der Waals surface area (Å²) >= 11 is 3.32. The largest absolute Gasteiger partial charge is 0.241 e. The molecule has 0 aromatic heterocycles. The predicted molar refractivity (Wildman–Crippen MR) is 82.7 cm³/mol. The zero-order valence-corrected chi connectivity index (χ0v) is 14.3. The standard InChI is InChI=1S/C14H22BrNO2S/c1-5-10(2)8-12(4)16-19(17,18)14-7-6-11(3)9-13(14)15/h6-7,9-10,12,16H,5,8H2,1-4H3. The van der Waals surface area contributed by atoms with Crippen LogP contribution in [0.4, 0.5) is 0 Å². The van der Waals surface area contributed by atoms with Crippen molar-refractivity contribution in [1.82, 2.24) is 4.72 Å². The second-order valence-corrected chi connectivity index (χ2v) is 7.74. The monoisotopic (exact) mass is 347 g/mol. The van der Waals surface area contributed by atoms with Crippen molar-refractivity contribution in [2.24, 2.45) is 5.92 Å². The molecule has 0 heterocycles. The lowest BCUT2D eigenvalue weighted by molar-refractivity contribution is 0.445. The number of nitrogens with one attached hydrogen (secondary N) is 1. The maximum absolute atomic E-state index is 12.3. The highest BCUT2D eigenvalue weighted by molar-refractivity contribution is 9.10. The number of hydrogen-bond donors (Lipinski definition) is 1. The summed E-state index contributed by atoms with van der Waals surface area (Å²) < 4.78 is 28.0. The lowest BCUT2D eigenvalue weighted by atomic mass is 10.0. The minimum absolute atomic E-state index is 0.0619. The Hall–Kier alpha value is -0.390. The molecule has 0 fully saturated rings. The molecule has 0 radical (unpaired) electrons. The van der Waals surface area contributed by atoms with Crippen LogP contribution in [0.2, 0.25) is 0 Å². The minimum atomic E-state index is -3.46. The van der Waals surface area contributed by atoms with Crippen molar-refractivity contribution in [3.05, 3.63) is 28.2 Å². The molecule has 0 spiro atoms. The van der Waals surface area contributed by atoms with Gasteiger partial charge < -0.3 is 0 Å². The quantitative estimate of drug-likeness (QED) is 0.849. The Kier molecular flexibility index (Phi) is 6.02. The smallest absolute Gasteiger partial charge is 0.208 e. The van der Waals surface area contributed by atoms with Gasteiger partial charge in [-0.2, -0.15) is 0 Å². The van der Waals surface area contributed by atoms with E-state index in [2.05, 4.69) is 34.5 Å². The van der Waals surface area contributed by atoms with Crippen LogP contribution in [-0.2, 0) is 10.0 Å². The second-order valence-electron chi connectivity index (χ2n) is 5.21. The van der Waals surface area contributed by atoms with Gasteiger partial charge >= 0.3 is 0 Å². The number of aryl methyl sites for hydroxylation is 1. The molecule has 1 N–H and O–H groups in total. The first kappa shape index (κ1) is 16.7. The van der Waals surface area contributed by atoms with Gasteiger partial charge in [0.2, 0.25) is 10.0 Å². The normalized spacial score (nSPS) is 15.2. The Morgan fingerprint density at radius 1 is 1.32 bits per heavy atom. The molecule has 0 bridgehead atoms. The summed E-state index contributed by atoms with van der Waals surface area (Å²) in [5, 5.41) is 0. The summed E-state index contributed by atoms with van der Waals surface area (Å²) in [5.41, 5.74) is 1.03. The summed E-state index contributed by atoms with van der Waals surface area (Å²) in [4.78, 5) is 0.300. The van der Waals surface area contributed by atoms with Crippen molar-refractivity contribution in [2.45, 2.75) is 51.5 Å². The molecule has 1 aromatic carbocycles. The Labute approximate surface area is 125 Å². The summed E-state index contributed by atoms with van der Waals surface area (Å²) in [5.74, 6) is 0.513. The van der Waals surface area contributed by atoms with E-state index in [1.54, 1.807) is 12.1 Å². The van der Waals surface area contributed by atoms with Crippen LogP contribution >= 0.6 is 15.9 Å². The van der Waals surface area contributed by atoms with Crippen LogP contribution in [0, 0.1) is 12.8 Å². The summed E-state index contributed by atoms with van der Waals surface area (Å²) in [7, 11) is -3.46. The molecular formula is C14H22BrNO2S. The molecule has 0 amide bonds. The van der Waals surface area contributed by atoms with Gasteiger partial charge in [-0.25, -0.2) is 13.1 Å². The van der Waals surface area contributed by atoms with E-state index in [4.69, 9.17) is 0 Å². The SMILES string of the molecule is CCC(C)CC(C)NS(=O)(=O)c1ccc(C)cc1Br. The van der Waals surface area contributed by atoms with E-state index >= 15 is 0 Å². The first-order chi connectivity index (χ1) is 8.76. The van der Waals surface area contributed by atoms with Crippen LogP contribution < -0.4 is 4.72 Å². The van der Waals surface area contributed by atoms with E-state index in [0.717, 1.165) is 18.4 Å². The number of halogens is 1. The molecule has 2 unspecified atom stereocenters. The molecule has 0 aliphatic carbocycles. The molecule has 0 saturated carbocycles. The van der Waals surface area contributed by atoms with Crippen LogP contribution in [0.15, 0.2) is 27.6 Å². The Balaban J connectivity index is 2.86. The fourth-order valence-corrected chi connectivity index (χ4v) is 4.42. The van der Waals surface area contributed by atoms with E-state index in [0.29, 0.717) is 15.3 Å². The molecule has 1 aromatic rings. The maximum Gasteiger partial charge on any atom is 0.241 e. The van der Waals surface area contributed by atoms with Crippen molar-refractivity contribution >= 4 is 26.0 Å². The van der Waals surface area contributed by atoms with Crippen molar-refractivity contribution in [3.8, 4) is 0 Å². The minimum Gasteiger partial charge on any atom is -0.208 e. The third-order valence-corrected chi connectivity index (χ3v) is 5.75. The van der Waals surface area contributed by atoms with E-state index in [1.807, 2.05) is 19.9 Å². The van der Waals surface area contributed by atoms with Crippen molar-refractivity contribution in [2.75, 3.05) is 0 Å². The van der Waals surface area contributed by atoms with Gasteiger partial charge in [-0.05, 0) is 59.8 Å². The highest BCUT2D eigenvalue weighted by Crippen LogP contribution is 2.23. The molecule has 108 valence electrons. The molecule has 3 nitrogen and oxygen atoms in total. The van der Waals surface area contributed by atoms with Gasteiger partial charge in [0.15, 0.2) is 0 Å². The number of hydrogen-bond acceptors (Lipinski definition) is 2. The summed E-state index contributed by atoms with van der Waals surface area (Å²) in [6, 6.07) is 5.19. The van der Waals surface area contributed by atoms with Crippen LogP contribution in [0.3, 0.4) is 0 Å². The maximum atomic E-state index is 12.3. The molecular weight excluding hydrogens is 326 g/mol. The van der Waals surface area contributed by atoms with E-state index in [1.165, 1.54) is 0 Å². The number of rotatable bonds is 6. The molecule has 2 atom stereocenters. The van der Waals surface area contributed by atoms with Gasteiger partial charge in [-0.3, -0.25) is 0 Å². The van der Waals surface area contributed by atoms with Gasteiger partial charge in [0.25, 0.3) is 0 Å². The number of benzene rings is 1. The molecule has 0 aliphatic rings. The molecule has 19 heavy (non-hydrogen) atoms. The molecule has 1 rings (SSSR count). The molecule has 0 saturated heterocycles. The second kappa shape index (κ2) is 6.86. The first-order valence-electron chi connectivity index (χ1n) is 6.54. The average Bonchev–Trinajstić information content (AvgIpc) is 2.26. The molecule has 5 heteroatoms. The predicted octanol–water partition coefficient (Wildman–Crippen LogP) is 3.86. The molecule has 0 aliphatic heterocycles. The zero-order chi connectivity index (χ0) is 14.6. The Bertz CT molecular complexity index is 528. The Morgan fingerprint density at radius 2 is 1.95 bits per heavy atom. The lowest BCUT2D eigenvalue weighted by Gasteiger charge is -2.18. The average molecular weight is 348 g/mol. The third-order valence-electron chi connectivity index (χ3n) is 3.19. The fraction of sp³-hybridized carbons (Fsp3) is 0.571. The highest BCUT2D eigenvalue weighted by atomic mass is 79.9. The van der Waals surface area contributed by atoms with Crippen LogP contribution in [0.5, 0.6) is 0 Å². The van der Waals surface area contributed by atoms with E-state index in [-0.39, 0.29) is 6.04 Å². The Morgan fingerprint density at radius 3 is 2.47 bits per heavy atom. The van der Waals surface area contributed by atoms with Crippen molar-refractivity contribution < 1.29 is 8.42 Å². The van der Waals surface area contributed by atoms with Gasteiger partial charge in [0.1, 0.15) is 0 Å². The van der Waals surface area contributed by atoms with E-state index in [9.17, 15) is 8.42 Å². The fourth-order valence-electron chi connectivity index (χ4n) is 1.97. The topological polar surface area (TPSA) is 46.2 Å². The van der Waals surface area contributed by atoms with Gasteiger partial charge in [0.05, 0.1) is 4.90 Å². The van der Waals surface area contributed by atoms with Crippen LogP contribution in [-0.4, -0.2) is 14.5 Å². The number of sulfonamides is 1. The van der Waals surface area contributed by atoms with Crippen LogP contribution in [0.1, 0.15) is 39.2 Å². The first-order valence-corrected chi connectivity index (χ1v) is 8.82. The van der Waals surface area contributed by atoms with E-state index < -0.39 is 10.0 Å². The lowest BCUT2D eigenvalue weighted by Crippen LogP contribution is -2.33. The summed E-state index contributed by atoms with van der Waals surface area (Å²) in [6.07, 6.45) is 1.90. The van der Waals surface area contributed by atoms with Gasteiger partial charge in [-0.1, -0.05) is 26.3 Å². The third kappa shape index (κ3) is 4.89. The van der Waals surface area contributed by atoms with Crippen molar-refractivity contribution in [3.63, 3.8) is 0 Å². The highest BCUT2D eigenvalue weighted by Gasteiger charge is 2.20. The van der Waals surface area contributed by atoms with Crippen molar-refractivity contribution in [1.29, 1.82) is 0 Å².